The van der Waals surface area contributed by atoms with E-state index in [-0.39, 0.29) is 11.3 Å². The Balaban J connectivity index is 4.42. The Morgan fingerprint density at radius 2 is 1.75 bits per heavy atom. The van der Waals surface area contributed by atoms with Gasteiger partial charge in [-0.05, 0) is 26.4 Å². The molecule has 0 aliphatic heterocycles. The maximum Gasteiger partial charge on any atom is 0.241 e. The van der Waals surface area contributed by atoms with Gasteiger partial charge < -0.3 is 9.80 Å². The summed E-state index contributed by atoms with van der Waals surface area (Å²) in [7, 11) is 3.97. The largest absolute Gasteiger partial charge is 0.340 e. The highest BCUT2D eigenvalue weighted by molar-refractivity contribution is 5.82. The monoisotopic (exact) mass is 228 g/mol. The zero-order chi connectivity index (χ0) is 12.9. The van der Waals surface area contributed by atoms with E-state index in [1.807, 2.05) is 46.7 Å². The van der Waals surface area contributed by atoms with Gasteiger partial charge in [0, 0.05) is 19.6 Å². The first-order valence-electron chi connectivity index (χ1n) is 5.84. The van der Waals surface area contributed by atoms with Gasteiger partial charge in [-0.2, -0.15) is 0 Å². The van der Waals surface area contributed by atoms with Crippen molar-refractivity contribution >= 4 is 5.91 Å². The van der Waals surface area contributed by atoms with Crippen LogP contribution in [0.4, 0.5) is 0 Å². The van der Waals surface area contributed by atoms with Crippen molar-refractivity contribution in [3.8, 4) is 0 Å². The highest BCUT2D eigenvalue weighted by Gasteiger charge is 2.31. The van der Waals surface area contributed by atoms with Crippen LogP contribution in [-0.2, 0) is 4.79 Å². The quantitative estimate of drug-likeness (QED) is 0.707. The second kappa shape index (κ2) is 6.21. The fraction of sp³-hybridized carbons (Fsp3) is 0.917. The lowest BCUT2D eigenvalue weighted by atomic mass is 9.86. The topological polar surface area (TPSA) is 47.4 Å². The van der Waals surface area contributed by atoms with Crippen LogP contribution in [0, 0.1) is 5.41 Å². The molecule has 1 radical (unpaired) electrons. The maximum absolute atomic E-state index is 12.1. The number of likely N-dealkylation sites (N-methyl/N-ethyl adjacent to an activating group) is 2. The molecule has 95 valence electrons. The van der Waals surface area contributed by atoms with E-state index in [0.717, 1.165) is 6.54 Å². The van der Waals surface area contributed by atoms with Gasteiger partial charge in [0.2, 0.25) is 5.91 Å². The summed E-state index contributed by atoms with van der Waals surface area (Å²) in [6, 6.07) is -0.672. The fourth-order valence-corrected chi connectivity index (χ4v) is 1.30. The first-order chi connectivity index (χ1) is 7.20. The minimum absolute atomic E-state index is 0.0585. The third kappa shape index (κ3) is 4.94. The van der Waals surface area contributed by atoms with Crippen LogP contribution >= 0.6 is 0 Å². The van der Waals surface area contributed by atoms with Gasteiger partial charge in [-0.1, -0.05) is 20.8 Å². The van der Waals surface area contributed by atoms with Crippen molar-refractivity contribution in [1.29, 1.82) is 0 Å². The summed E-state index contributed by atoms with van der Waals surface area (Å²) in [5.41, 5.74) is 7.66. The minimum atomic E-state index is -0.672. The van der Waals surface area contributed by atoms with Gasteiger partial charge in [-0.3, -0.25) is 4.79 Å². The van der Waals surface area contributed by atoms with E-state index in [4.69, 9.17) is 5.73 Å². The number of hydrogen-bond donors (Lipinski definition) is 0. The van der Waals surface area contributed by atoms with Crippen LogP contribution in [0.5, 0.6) is 0 Å². The van der Waals surface area contributed by atoms with Crippen LogP contribution in [0.2, 0.25) is 0 Å². The average molecular weight is 228 g/mol. The Labute approximate surface area is 99.8 Å². The van der Waals surface area contributed by atoms with Crippen molar-refractivity contribution in [2.45, 2.75) is 33.7 Å². The average Bonchev–Trinajstić information content (AvgIpc) is 2.15. The Morgan fingerprint density at radius 3 is 2.06 bits per heavy atom. The van der Waals surface area contributed by atoms with Gasteiger partial charge in [-0.25, -0.2) is 5.73 Å². The maximum atomic E-state index is 12.1. The third-order valence-corrected chi connectivity index (χ3v) is 2.62. The van der Waals surface area contributed by atoms with Crippen molar-refractivity contribution < 1.29 is 4.79 Å². The Hall–Kier alpha value is -0.610. The lowest BCUT2D eigenvalue weighted by Gasteiger charge is -2.31. The number of carbonyl (C=O) groups excluding carboxylic acids is 1. The smallest absolute Gasteiger partial charge is 0.241 e. The molecule has 0 aliphatic rings. The molecule has 0 bridgehead atoms. The first kappa shape index (κ1) is 15.4. The van der Waals surface area contributed by atoms with Gasteiger partial charge in [0.15, 0.2) is 0 Å². The molecule has 0 aromatic carbocycles. The Kier molecular flexibility index (Phi) is 5.97. The summed E-state index contributed by atoms with van der Waals surface area (Å²) in [6.07, 6.45) is 0. The predicted octanol–water partition coefficient (Wildman–Crippen LogP) is 1.09. The highest BCUT2D eigenvalue weighted by Crippen LogP contribution is 2.20. The van der Waals surface area contributed by atoms with Crippen LogP contribution in [0.15, 0.2) is 0 Å². The van der Waals surface area contributed by atoms with Crippen molar-refractivity contribution in [3.63, 3.8) is 0 Å². The van der Waals surface area contributed by atoms with E-state index in [1.165, 1.54) is 0 Å². The summed E-state index contributed by atoms with van der Waals surface area (Å²) >= 11 is 0. The molecule has 1 amide bonds. The molecule has 4 nitrogen and oxygen atoms in total. The summed E-state index contributed by atoms with van der Waals surface area (Å²) in [5.74, 6) is -0.0585. The zero-order valence-electron chi connectivity index (χ0n) is 11.5. The molecule has 16 heavy (non-hydrogen) atoms. The standard InChI is InChI=1S/C12H26N3O/c1-7-15(9-8-14(5)6)11(16)10(13)12(2,3)4/h10,13H,7-9H2,1-6H3. The van der Waals surface area contributed by atoms with Crippen molar-refractivity contribution in [3.05, 3.63) is 0 Å². The molecule has 0 aliphatic carbocycles. The molecule has 1 atom stereocenters. The van der Waals surface area contributed by atoms with E-state index < -0.39 is 6.04 Å². The summed E-state index contributed by atoms with van der Waals surface area (Å²) in [6.45, 7) is 9.98. The van der Waals surface area contributed by atoms with Gasteiger partial charge in [0.25, 0.3) is 0 Å². The van der Waals surface area contributed by atoms with Crippen LogP contribution < -0.4 is 5.73 Å². The lowest BCUT2D eigenvalue weighted by Crippen LogP contribution is -2.47. The van der Waals surface area contributed by atoms with E-state index in [1.54, 1.807) is 4.90 Å². The predicted molar refractivity (Wildman–Crippen MR) is 67.1 cm³/mol. The highest BCUT2D eigenvalue weighted by atomic mass is 16.2. The SMILES string of the molecule is CCN(CCN(C)C)C(=O)C([NH])C(C)(C)C. The number of carbonyl (C=O) groups is 1. The van der Waals surface area contributed by atoms with E-state index in [0.29, 0.717) is 13.1 Å². The van der Waals surface area contributed by atoms with Crippen LogP contribution in [0.1, 0.15) is 27.7 Å². The Morgan fingerprint density at radius 1 is 1.25 bits per heavy atom. The first-order valence-corrected chi connectivity index (χ1v) is 5.84. The second-order valence-corrected chi connectivity index (χ2v) is 5.52. The van der Waals surface area contributed by atoms with Gasteiger partial charge >= 0.3 is 0 Å². The van der Waals surface area contributed by atoms with Crippen LogP contribution in [-0.4, -0.2) is 55.5 Å². The molecule has 0 saturated carbocycles. The van der Waals surface area contributed by atoms with Gasteiger partial charge in [0.05, 0.1) is 0 Å². The summed E-state index contributed by atoms with van der Waals surface area (Å²) in [5, 5.41) is 0. The lowest BCUT2D eigenvalue weighted by molar-refractivity contribution is -0.135. The van der Waals surface area contributed by atoms with Gasteiger partial charge in [-0.15, -0.1) is 0 Å². The van der Waals surface area contributed by atoms with Crippen molar-refractivity contribution in [1.82, 2.24) is 15.5 Å². The normalized spacial score (nSPS) is 14.0. The molecule has 0 saturated heterocycles. The molecular weight excluding hydrogens is 202 g/mol. The van der Waals surface area contributed by atoms with Crippen LogP contribution in [0.25, 0.3) is 0 Å². The summed E-state index contributed by atoms with van der Waals surface area (Å²) in [4.78, 5) is 15.9. The zero-order valence-corrected chi connectivity index (χ0v) is 11.5. The molecule has 0 spiro atoms. The molecule has 0 heterocycles. The van der Waals surface area contributed by atoms with Gasteiger partial charge in [0.1, 0.15) is 6.04 Å². The van der Waals surface area contributed by atoms with Crippen LogP contribution in [0.3, 0.4) is 0 Å². The number of nitrogens with one attached hydrogen (secondary N) is 1. The third-order valence-electron chi connectivity index (χ3n) is 2.62. The van der Waals surface area contributed by atoms with E-state index in [9.17, 15) is 4.79 Å². The molecule has 0 aromatic heterocycles. The van der Waals surface area contributed by atoms with Crippen molar-refractivity contribution in [2.24, 2.45) is 5.41 Å². The van der Waals surface area contributed by atoms with E-state index in [2.05, 4.69) is 0 Å². The molecule has 0 aromatic rings. The summed E-state index contributed by atoms with van der Waals surface area (Å²) < 4.78 is 0. The molecule has 4 heteroatoms. The van der Waals surface area contributed by atoms with E-state index >= 15 is 0 Å². The fourth-order valence-electron chi connectivity index (χ4n) is 1.30. The molecule has 0 rings (SSSR count). The Bertz CT molecular complexity index is 221. The molecule has 1 unspecified atom stereocenters. The molecule has 1 N–H and O–H groups in total. The number of hydrogen-bond acceptors (Lipinski definition) is 2. The van der Waals surface area contributed by atoms with Crippen molar-refractivity contribution in [2.75, 3.05) is 33.7 Å². The minimum Gasteiger partial charge on any atom is -0.340 e. The second-order valence-electron chi connectivity index (χ2n) is 5.52. The number of rotatable bonds is 5. The number of nitrogens with zero attached hydrogens (tertiary/aromatic N) is 2. The number of amides is 1. The molecule has 0 fully saturated rings. The molecular formula is C12H26N3O.